The lowest BCUT2D eigenvalue weighted by Crippen LogP contribution is -1.99. The molecule has 0 heterocycles. The highest BCUT2D eigenvalue weighted by atomic mass is 32.2. The van der Waals surface area contributed by atoms with Crippen molar-refractivity contribution in [2.45, 2.75) is 6.42 Å². The molecule has 0 bridgehead atoms. The van der Waals surface area contributed by atoms with E-state index < -0.39 is 10.3 Å². The maximum Gasteiger partial charge on any atom is 0.217 e. The Morgan fingerprint density at radius 3 is 2.38 bits per heavy atom. The van der Waals surface area contributed by atoms with Crippen molar-refractivity contribution in [3.8, 4) is 0 Å². The minimum atomic E-state index is -2.08. The van der Waals surface area contributed by atoms with E-state index in [1.54, 1.807) is 6.08 Å². The summed E-state index contributed by atoms with van der Waals surface area (Å²) in [5.74, 6) is 0. The molecule has 1 aromatic carbocycles. The van der Waals surface area contributed by atoms with E-state index in [0.29, 0.717) is 19.9 Å². The van der Waals surface area contributed by atoms with Crippen LogP contribution in [0.5, 0.6) is 0 Å². The van der Waals surface area contributed by atoms with Crippen molar-refractivity contribution < 1.29 is 8.42 Å². The molecule has 4 heteroatoms. The molecule has 0 saturated carbocycles. The van der Waals surface area contributed by atoms with Gasteiger partial charge in [-0.1, -0.05) is 51.1 Å². The van der Waals surface area contributed by atoms with Crippen LogP contribution in [0, 0.1) is 0 Å². The number of hydrogen-bond acceptors (Lipinski definition) is 2. The van der Waals surface area contributed by atoms with Crippen LogP contribution in [0.1, 0.15) is 6.42 Å². The highest BCUT2D eigenvalue weighted by molar-refractivity contribution is 7.73. The second kappa shape index (κ2) is 5.24. The molecule has 0 saturated heterocycles. The molecule has 1 aliphatic carbocycles. The predicted molar refractivity (Wildman–Crippen MR) is 70.2 cm³/mol. The van der Waals surface area contributed by atoms with Crippen LogP contribution in [-0.4, -0.2) is 13.3 Å². The maximum absolute atomic E-state index is 10.7. The molecule has 16 heavy (non-hydrogen) atoms. The monoisotopic (exact) mass is 250 g/mol. The first kappa shape index (κ1) is 11.3. The zero-order valence-electron chi connectivity index (χ0n) is 8.55. The van der Waals surface area contributed by atoms with E-state index in [1.165, 1.54) is 10.6 Å². The first-order chi connectivity index (χ1) is 7.75. The highest BCUT2D eigenvalue weighted by Crippen LogP contribution is 2.26. The molecule has 0 amide bonds. The van der Waals surface area contributed by atoms with E-state index in [-0.39, 0.29) is 0 Å². The minimum absolute atomic E-state index is 0.460. The van der Waals surface area contributed by atoms with Gasteiger partial charge in [0.1, 0.15) is 0 Å². The molecule has 1 unspecified atom stereocenters. The fourth-order valence-corrected chi connectivity index (χ4v) is 2.90. The van der Waals surface area contributed by atoms with Crippen LogP contribution < -0.4 is 5.30 Å². The average molecular weight is 250 g/mol. The summed E-state index contributed by atoms with van der Waals surface area (Å²) in [6.45, 7) is 0. The molecule has 0 spiro atoms. The normalized spacial score (nSPS) is 15.5. The fraction of sp³-hybridized carbons (Fsp3) is 0.0833. The van der Waals surface area contributed by atoms with Crippen LogP contribution in [0.3, 0.4) is 0 Å². The van der Waals surface area contributed by atoms with Crippen LogP contribution >= 0.6 is 8.58 Å². The Kier molecular flexibility index (Phi) is 3.70. The van der Waals surface area contributed by atoms with Crippen molar-refractivity contribution in [3.05, 3.63) is 53.9 Å². The lowest BCUT2D eigenvalue weighted by Gasteiger charge is -2.07. The van der Waals surface area contributed by atoms with Gasteiger partial charge in [-0.05, 0) is 16.7 Å². The van der Waals surface area contributed by atoms with E-state index in [9.17, 15) is 8.42 Å². The molecule has 0 N–H and O–H groups in total. The van der Waals surface area contributed by atoms with Crippen molar-refractivity contribution in [1.82, 2.24) is 0 Å². The second-order valence-electron chi connectivity index (χ2n) is 3.39. The molecule has 2 nitrogen and oxygen atoms in total. The largest absolute Gasteiger partial charge is 0.217 e. The van der Waals surface area contributed by atoms with Crippen LogP contribution in [0.4, 0.5) is 0 Å². The van der Waals surface area contributed by atoms with E-state index >= 15 is 0 Å². The van der Waals surface area contributed by atoms with E-state index in [1.807, 2.05) is 30.4 Å². The Morgan fingerprint density at radius 2 is 1.81 bits per heavy atom. The van der Waals surface area contributed by atoms with Crippen LogP contribution in [0.25, 0.3) is 0 Å². The summed E-state index contributed by atoms with van der Waals surface area (Å²) >= 11 is 0. The lowest BCUT2D eigenvalue weighted by atomic mass is 10.2. The molecule has 0 fully saturated rings. The van der Waals surface area contributed by atoms with Gasteiger partial charge in [0.25, 0.3) is 0 Å². The van der Waals surface area contributed by atoms with Gasteiger partial charge in [-0.15, -0.1) is 0 Å². The average Bonchev–Trinajstić information content (AvgIpc) is 2.31. The summed E-state index contributed by atoms with van der Waals surface area (Å²) in [7, 11) is -1.48. The fourth-order valence-electron chi connectivity index (χ4n) is 1.43. The van der Waals surface area contributed by atoms with Gasteiger partial charge in [0, 0.05) is 6.42 Å². The molecule has 0 radical (unpaired) electrons. The van der Waals surface area contributed by atoms with Crippen molar-refractivity contribution in [2.75, 3.05) is 0 Å². The third-order valence-electron chi connectivity index (χ3n) is 2.25. The first-order valence-corrected chi connectivity index (χ1v) is 6.98. The first-order valence-electron chi connectivity index (χ1n) is 4.91. The molecular formula is C12H11O2PS. The highest BCUT2D eigenvalue weighted by Gasteiger charge is 2.04. The number of hydrogen-bond donors (Lipinski definition) is 0. The Hall–Kier alpha value is -1.18. The summed E-state index contributed by atoms with van der Waals surface area (Å²) in [4.78, 5) is 0.460. The second-order valence-corrected chi connectivity index (χ2v) is 5.79. The molecule has 1 aromatic rings. The molecule has 0 aliphatic heterocycles. The van der Waals surface area contributed by atoms with Gasteiger partial charge in [0.2, 0.25) is 10.3 Å². The Labute approximate surface area is 98.0 Å². The van der Waals surface area contributed by atoms with Gasteiger partial charge in [-0.3, -0.25) is 0 Å². The molecular weight excluding hydrogens is 239 g/mol. The van der Waals surface area contributed by atoms with E-state index in [4.69, 9.17) is 0 Å². The standard InChI is InChI=1S/C12H11O2PS/c13-16(14)12-8-6-11(7-9-12)15-10-4-2-1-3-5-10/h1-8,15H,9H2. The molecule has 1 aliphatic rings. The van der Waals surface area contributed by atoms with Crippen molar-refractivity contribution in [2.24, 2.45) is 0 Å². The van der Waals surface area contributed by atoms with E-state index in [2.05, 4.69) is 12.1 Å². The Balaban J connectivity index is 2.11. The summed E-state index contributed by atoms with van der Waals surface area (Å²) in [6.07, 6.45) is 6.08. The summed E-state index contributed by atoms with van der Waals surface area (Å²) in [6, 6.07) is 10.2. The van der Waals surface area contributed by atoms with Gasteiger partial charge in [-0.2, -0.15) is 8.42 Å². The Morgan fingerprint density at radius 1 is 1.06 bits per heavy atom. The van der Waals surface area contributed by atoms with Crippen LogP contribution in [0.2, 0.25) is 0 Å². The zero-order chi connectivity index (χ0) is 11.4. The van der Waals surface area contributed by atoms with E-state index in [0.717, 1.165) is 0 Å². The summed E-state index contributed by atoms with van der Waals surface area (Å²) in [5.41, 5.74) is 0. The molecule has 0 aromatic heterocycles. The number of benzene rings is 1. The SMILES string of the molecule is O=S(=O)=C1C=CC(Pc2ccccc2)=CC1. The van der Waals surface area contributed by atoms with Crippen molar-refractivity contribution in [1.29, 1.82) is 0 Å². The van der Waals surface area contributed by atoms with Gasteiger partial charge in [-0.25, -0.2) is 0 Å². The quantitative estimate of drug-likeness (QED) is 0.593. The Bertz CT molecular complexity index is 560. The molecule has 2 rings (SSSR count). The van der Waals surface area contributed by atoms with Gasteiger partial charge in [0.05, 0.1) is 4.86 Å². The smallest absolute Gasteiger partial charge is 0.184 e. The summed E-state index contributed by atoms with van der Waals surface area (Å²) < 4.78 is 21.4. The van der Waals surface area contributed by atoms with Crippen LogP contribution in [0.15, 0.2) is 53.9 Å². The number of rotatable bonds is 2. The van der Waals surface area contributed by atoms with Crippen molar-refractivity contribution >= 4 is 29.0 Å². The third kappa shape index (κ3) is 2.91. The maximum atomic E-state index is 10.7. The third-order valence-corrected chi connectivity index (χ3v) is 4.26. The van der Waals surface area contributed by atoms with Crippen LogP contribution in [-0.2, 0) is 10.3 Å². The topological polar surface area (TPSA) is 34.1 Å². The van der Waals surface area contributed by atoms with Gasteiger partial charge >= 0.3 is 0 Å². The summed E-state index contributed by atoms with van der Waals surface area (Å²) in [5, 5.41) is 2.46. The molecule has 82 valence electrons. The number of allylic oxidation sites excluding steroid dienone is 4. The predicted octanol–water partition coefficient (Wildman–Crippen LogP) is 1.89. The minimum Gasteiger partial charge on any atom is -0.184 e. The zero-order valence-corrected chi connectivity index (χ0v) is 10.4. The molecule has 1 atom stereocenters. The van der Waals surface area contributed by atoms with Crippen molar-refractivity contribution in [3.63, 3.8) is 0 Å². The lowest BCUT2D eigenvalue weighted by molar-refractivity contribution is 0.627. The van der Waals surface area contributed by atoms with Gasteiger partial charge in [0.15, 0.2) is 0 Å². The van der Waals surface area contributed by atoms with Gasteiger partial charge < -0.3 is 0 Å².